The number of morpholine rings is 2. The molecule has 2 heterocycles. The molecule has 2 aromatic rings. The number of anilines is 3. The smallest absolute Gasteiger partial charge is 0.293 e. The van der Waals surface area contributed by atoms with Crippen molar-refractivity contribution in [3.63, 3.8) is 0 Å². The van der Waals surface area contributed by atoms with Gasteiger partial charge in [-0.2, -0.15) is 5.10 Å². The average Bonchev–Trinajstić information content (AvgIpc) is 2.81. The van der Waals surface area contributed by atoms with Gasteiger partial charge in [-0.1, -0.05) is 17.7 Å². The number of hydrazone groups is 1. The second-order valence-corrected chi connectivity index (χ2v) is 8.04. The molecule has 2 aromatic carbocycles. The molecule has 0 unspecified atom stereocenters. The standard InChI is InChI=1S/C23H29N5O4/c1-17-3-4-20(18(2)13-17)25-24-16-19-14-23(28(29)30)22(27-7-11-32-12-8-27)15-21(19)26-5-9-31-10-6-26/h3-4,13-16,25H,5-12H2,1-2H3/b24-16-. The van der Waals surface area contributed by atoms with Crippen LogP contribution >= 0.6 is 0 Å². The lowest BCUT2D eigenvalue weighted by Crippen LogP contribution is -2.38. The third-order valence-electron chi connectivity index (χ3n) is 5.79. The molecule has 9 nitrogen and oxygen atoms in total. The molecule has 32 heavy (non-hydrogen) atoms. The Morgan fingerprint density at radius 2 is 1.59 bits per heavy atom. The molecule has 2 fully saturated rings. The van der Waals surface area contributed by atoms with Gasteiger partial charge in [-0.05, 0) is 31.5 Å². The second kappa shape index (κ2) is 9.97. The third-order valence-corrected chi connectivity index (χ3v) is 5.79. The van der Waals surface area contributed by atoms with E-state index in [1.165, 1.54) is 5.56 Å². The predicted octanol–water partition coefficient (Wildman–Crippen LogP) is 3.33. The van der Waals surface area contributed by atoms with Crippen LogP contribution in [-0.2, 0) is 9.47 Å². The normalized spacial score (nSPS) is 17.1. The summed E-state index contributed by atoms with van der Waals surface area (Å²) < 4.78 is 10.9. The largest absolute Gasteiger partial charge is 0.378 e. The van der Waals surface area contributed by atoms with Gasteiger partial charge in [0.05, 0.1) is 43.3 Å². The van der Waals surface area contributed by atoms with E-state index in [0.717, 1.165) is 30.0 Å². The summed E-state index contributed by atoms with van der Waals surface area (Å²) in [5.41, 5.74) is 8.57. The van der Waals surface area contributed by atoms with Crippen LogP contribution < -0.4 is 15.2 Å². The van der Waals surface area contributed by atoms with Gasteiger partial charge in [0, 0.05) is 43.5 Å². The third kappa shape index (κ3) is 5.00. The van der Waals surface area contributed by atoms with E-state index in [1.54, 1.807) is 12.3 Å². The second-order valence-electron chi connectivity index (χ2n) is 8.04. The highest BCUT2D eigenvalue weighted by molar-refractivity contribution is 5.92. The molecule has 4 rings (SSSR count). The summed E-state index contributed by atoms with van der Waals surface area (Å²) in [5, 5.41) is 16.3. The molecule has 0 amide bonds. The van der Waals surface area contributed by atoms with Gasteiger partial charge in [-0.25, -0.2) is 0 Å². The maximum absolute atomic E-state index is 11.9. The van der Waals surface area contributed by atoms with Gasteiger partial charge in [-0.3, -0.25) is 15.5 Å². The van der Waals surface area contributed by atoms with Crippen molar-refractivity contribution in [2.45, 2.75) is 13.8 Å². The molecule has 2 aliphatic heterocycles. The van der Waals surface area contributed by atoms with Crippen molar-refractivity contribution in [3.8, 4) is 0 Å². The molecule has 0 radical (unpaired) electrons. The number of nitro benzene ring substituents is 1. The first-order valence-electron chi connectivity index (χ1n) is 10.9. The van der Waals surface area contributed by atoms with E-state index < -0.39 is 0 Å². The Morgan fingerprint density at radius 3 is 2.19 bits per heavy atom. The van der Waals surface area contributed by atoms with Crippen LogP contribution in [0.1, 0.15) is 16.7 Å². The Balaban J connectivity index is 1.69. The molecular formula is C23H29N5O4. The highest BCUT2D eigenvalue weighted by Crippen LogP contribution is 2.36. The van der Waals surface area contributed by atoms with E-state index in [1.807, 2.05) is 36.9 Å². The summed E-state index contributed by atoms with van der Waals surface area (Å²) in [6, 6.07) is 9.63. The minimum absolute atomic E-state index is 0.0804. The van der Waals surface area contributed by atoms with E-state index in [0.29, 0.717) is 50.8 Å². The SMILES string of the molecule is Cc1ccc(N/N=C\c2cc([N+](=O)[O-])c(N3CCOCC3)cc2N2CCOCC2)c(C)c1. The van der Waals surface area contributed by atoms with Crippen LogP contribution in [0, 0.1) is 24.0 Å². The zero-order valence-corrected chi connectivity index (χ0v) is 18.5. The number of hydrogen-bond acceptors (Lipinski definition) is 8. The van der Waals surface area contributed by atoms with Crippen molar-refractivity contribution in [3.05, 3.63) is 57.1 Å². The Labute approximate surface area is 187 Å². The Morgan fingerprint density at radius 1 is 0.969 bits per heavy atom. The molecule has 2 saturated heterocycles. The van der Waals surface area contributed by atoms with Crippen LogP contribution in [0.3, 0.4) is 0 Å². The van der Waals surface area contributed by atoms with E-state index in [2.05, 4.69) is 21.5 Å². The number of hydrogen-bond donors (Lipinski definition) is 1. The molecule has 170 valence electrons. The number of rotatable bonds is 6. The van der Waals surface area contributed by atoms with Gasteiger partial charge in [0.2, 0.25) is 0 Å². The number of nitrogens with zero attached hydrogens (tertiary/aromatic N) is 4. The Bertz CT molecular complexity index is 998. The highest BCUT2D eigenvalue weighted by Gasteiger charge is 2.26. The summed E-state index contributed by atoms with van der Waals surface area (Å²) >= 11 is 0. The quantitative estimate of drug-likeness (QED) is 0.419. The first-order chi connectivity index (χ1) is 15.5. The van der Waals surface area contributed by atoms with Crippen LogP contribution in [-0.4, -0.2) is 63.7 Å². The van der Waals surface area contributed by atoms with Gasteiger partial charge < -0.3 is 19.3 Å². The molecular weight excluding hydrogens is 410 g/mol. The highest BCUT2D eigenvalue weighted by atomic mass is 16.6. The van der Waals surface area contributed by atoms with Gasteiger partial charge in [0.1, 0.15) is 5.69 Å². The van der Waals surface area contributed by atoms with Crippen molar-refractivity contribution < 1.29 is 14.4 Å². The van der Waals surface area contributed by atoms with Gasteiger partial charge in [-0.15, -0.1) is 0 Å². The Hall–Kier alpha value is -3.17. The predicted molar refractivity (Wildman–Crippen MR) is 126 cm³/mol. The van der Waals surface area contributed by atoms with Crippen molar-refractivity contribution in [2.75, 3.05) is 67.8 Å². The molecule has 0 saturated carbocycles. The average molecular weight is 440 g/mol. The molecule has 2 aliphatic rings. The maximum Gasteiger partial charge on any atom is 0.293 e. The van der Waals surface area contributed by atoms with E-state index >= 15 is 0 Å². The van der Waals surface area contributed by atoms with E-state index in [4.69, 9.17) is 9.47 Å². The van der Waals surface area contributed by atoms with Gasteiger partial charge >= 0.3 is 0 Å². The monoisotopic (exact) mass is 439 g/mol. The van der Waals surface area contributed by atoms with Crippen molar-refractivity contribution in [1.29, 1.82) is 0 Å². The molecule has 9 heteroatoms. The fourth-order valence-corrected chi connectivity index (χ4v) is 4.08. The summed E-state index contributed by atoms with van der Waals surface area (Å²) in [6.45, 7) is 9.16. The lowest BCUT2D eigenvalue weighted by Gasteiger charge is -2.33. The summed E-state index contributed by atoms with van der Waals surface area (Å²) in [5.74, 6) is 0. The van der Waals surface area contributed by atoms with Crippen molar-refractivity contribution in [1.82, 2.24) is 0 Å². The van der Waals surface area contributed by atoms with Gasteiger partial charge in [0.25, 0.3) is 5.69 Å². The molecule has 0 aromatic heterocycles. The maximum atomic E-state index is 11.9. The Kier molecular flexibility index (Phi) is 6.87. The number of ether oxygens (including phenoxy) is 2. The number of nitro groups is 1. The van der Waals surface area contributed by atoms with Crippen molar-refractivity contribution >= 4 is 29.0 Å². The van der Waals surface area contributed by atoms with Crippen LogP contribution in [0.5, 0.6) is 0 Å². The molecule has 0 aliphatic carbocycles. The summed E-state index contributed by atoms with van der Waals surface area (Å²) in [6.07, 6.45) is 1.67. The first kappa shape index (κ1) is 22.0. The number of aryl methyl sites for hydroxylation is 2. The van der Waals surface area contributed by atoms with Crippen LogP contribution in [0.15, 0.2) is 35.4 Å². The summed E-state index contributed by atoms with van der Waals surface area (Å²) in [4.78, 5) is 15.8. The van der Waals surface area contributed by atoms with E-state index in [9.17, 15) is 10.1 Å². The van der Waals surface area contributed by atoms with Crippen LogP contribution in [0.25, 0.3) is 0 Å². The van der Waals surface area contributed by atoms with Crippen LogP contribution in [0.4, 0.5) is 22.7 Å². The lowest BCUT2D eigenvalue weighted by atomic mass is 10.1. The number of benzene rings is 2. The zero-order chi connectivity index (χ0) is 22.5. The lowest BCUT2D eigenvalue weighted by molar-refractivity contribution is -0.384. The van der Waals surface area contributed by atoms with Crippen LogP contribution in [0.2, 0.25) is 0 Å². The van der Waals surface area contributed by atoms with E-state index in [-0.39, 0.29) is 10.6 Å². The first-order valence-corrected chi connectivity index (χ1v) is 10.9. The minimum Gasteiger partial charge on any atom is -0.378 e. The minimum atomic E-state index is -0.317. The topological polar surface area (TPSA) is 92.5 Å². The molecule has 0 atom stereocenters. The molecule has 0 bridgehead atoms. The zero-order valence-electron chi connectivity index (χ0n) is 18.5. The summed E-state index contributed by atoms with van der Waals surface area (Å²) in [7, 11) is 0. The van der Waals surface area contributed by atoms with Crippen molar-refractivity contribution in [2.24, 2.45) is 5.10 Å². The number of nitrogens with one attached hydrogen (secondary N) is 1. The fraction of sp³-hybridized carbons (Fsp3) is 0.435. The van der Waals surface area contributed by atoms with Gasteiger partial charge in [0.15, 0.2) is 0 Å². The molecule has 0 spiro atoms. The molecule has 1 N–H and O–H groups in total. The fourth-order valence-electron chi connectivity index (χ4n) is 4.08.